The number of nitrogens with one attached hydrogen (secondary N) is 1. The van der Waals surface area contributed by atoms with E-state index in [1.807, 2.05) is 24.3 Å². The Hall–Kier alpha value is -2.91. The molecule has 0 aliphatic carbocycles. The summed E-state index contributed by atoms with van der Waals surface area (Å²) >= 11 is 0. The normalized spacial score (nSPS) is 17.7. The number of benzene rings is 1. The smallest absolute Gasteiger partial charge is 0.165 e. The van der Waals surface area contributed by atoms with Crippen molar-refractivity contribution in [3.05, 3.63) is 47.8 Å². The van der Waals surface area contributed by atoms with Gasteiger partial charge in [-0.1, -0.05) is 12.1 Å². The van der Waals surface area contributed by atoms with Crippen molar-refractivity contribution in [1.29, 1.82) is 5.26 Å². The van der Waals surface area contributed by atoms with Crippen LogP contribution in [-0.2, 0) is 0 Å². The van der Waals surface area contributed by atoms with Gasteiger partial charge in [-0.05, 0) is 37.1 Å². The summed E-state index contributed by atoms with van der Waals surface area (Å²) in [5.74, 6) is 0.961. The minimum absolute atomic E-state index is 0.374. The number of fused-ring (bicyclic) bond motifs is 1. The highest BCUT2D eigenvalue weighted by Crippen LogP contribution is 2.29. The molecule has 3 heterocycles. The zero-order chi connectivity index (χ0) is 16.5. The molecule has 1 aromatic carbocycles. The zero-order valence-electron chi connectivity index (χ0n) is 13.2. The third-order valence-electron chi connectivity index (χ3n) is 4.54. The van der Waals surface area contributed by atoms with Crippen LogP contribution in [-0.4, -0.2) is 27.7 Å². The van der Waals surface area contributed by atoms with E-state index in [1.165, 1.54) is 0 Å². The number of hydrogen-bond acceptors (Lipinski definition) is 5. The molecule has 24 heavy (non-hydrogen) atoms. The Morgan fingerprint density at radius 2 is 2.25 bits per heavy atom. The van der Waals surface area contributed by atoms with Crippen LogP contribution in [0.4, 0.5) is 5.82 Å². The Morgan fingerprint density at radius 1 is 1.33 bits per heavy atom. The number of piperidine rings is 1. The number of aromatic nitrogens is 3. The van der Waals surface area contributed by atoms with Crippen molar-refractivity contribution in [3.8, 4) is 17.2 Å². The highest BCUT2D eigenvalue weighted by molar-refractivity contribution is 5.78. The van der Waals surface area contributed by atoms with Crippen molar-refractivity contribution in [2.24, 2.45) is 0 Å². The van der Waals surface area contributed by atoms with E-state index in [9.17, 15) is 0 Å². The second-order valence-corrected chi connectivity index (χ2v) is 6.14. The number of nitriles is 1. The third kappa shape index (κ3) is 2.49. The van der Waals surface area contributed by atoms with Gasteiger partial charge >= 0.3 is 0 Å². The van der Waals surface area contributed by atoms with Crippen molar-refractivity contribution < 1.29 is 0 Å². The van der Waals surface area contributed by atoms with E-state index in [4.69, 9.17) is 16.0 Å². The molecule has 2 aromatic heterocycles. The summed E-state index contributed by atoms with van der Waals surface area (Å²) in [7, 11) is 0. The minimum Gasteiger partial charge on any atom is -0.384 e. The number of nitrogens with zero attached hydrogens (tertiary/aromatic N) is 4. The number of hydrogen-bond donors (Lipinski definition) is 2. The molecule has 1 aliphatic rings. The number of anilines is 1. The SMILES string of the molecule is N#Cc1cccc(-c2cnn3c(N)cc(C4CCCNC4)nc23)c1. The number of nitrogen functional groups attached to an aromatic ring is 1. The quantitative estimate of drug-likeness (QED) is 0.756. The van der Waals surface area contributed by atoms with Crippen molar-refractivity contribution >= 4 is 11.5 Å². The summed E-state index contributed by atoms with van der Waals surface area (Å²) in [5, 5.41) is 16.9. The van der Waals surface area contributed by atoms with Gasteiger partial charge in [0.05, 0.1) is 23.5 Å². The van der Waals surface area contributed by atoms with Crippen LogP contribution >= 0.6 is 0 Å². The van der Waals surface area contributed by atoms with Gasteiger partial charge in [0, 0.05) is 24.1 Å². The summed E-state index contributed by atoms with van der Waals surface area (Å²) < 4.78 is 1.66. The number of nitrogens with two attached hydrogens (primary N) is 1. The summed E-state index contributed by atoms with van der Waals surface area (Å²) in [6, 6.07) is 11.6. The molecule has 6 nitrogen and oxygen atoms in total. The predicted octanol–water partition coefficient (Wildman–Crippen LogP) is 2.32. The summed E-state index contributed by atoms with van der Waals surface area (Å²) in [6.07, 6.45) is 4.02. The molecule has 1 aliphatic heterocycles. The Morgan fingerprint density at radius 3 is 3.04 bits per heavy atom. The van der Waals surface area contributed by atoms with Crippen molar-refractivity contribution in [2.45, 2.75) is 18.8 Å². The van der Waals surface area contributed by atoms with Crippen LogP contribution in [0.5, 0.6) is 0 Å². The third-order valence-corrected chi connectivity index (χ3v) is 4.54. The first-order valence-electron chi connectivity index (χ1n) is 8.11. The molecule has 0 bridgehead atoms. The average molecular weight is 318 g/mol. The Balaban J connectivity index is 1.85. The minimum atomic E-state index is 0.374. The Kier molecular flexibility index (Phi) is 3.63. The van der Waals surface area contributed by atoms with Crippen LogP contribution < -0.4 is 11.1 Å². The molecule has 0 radical (unpaired) electrons. The standard InChI is InChI=1S/C18H18N6/c19-9-12-3-1-4-13(7-12)15-11-22-24-17(20)8-16(23-18(15)24)14-5-2-6-21-10-14/h1,3-4,7-8,11,14,21H,2,5-6,10,20H2. The topological polar surface area (TPSA) is 92.0 Å². The molecule has 3 aromatic rings. The fraction of sp³-hybridized carbons (Fsp3) is 0.278. The lowest BCUT2D eigenvalue weighted by Crippen LogP contribution is -2.29. The molecule has 0 amide bonds. The summed E-state index contributed by atoms with van der Waals surface area (Å²) in [6.45, 7) is 1.99. The largest absolute Gasteiger partial charge is 0.384 e. The lowest BCUT2D eigenvalue weighted by Gasteiger charge is -2.22. The van der Waals surface area contributed by atoms with Gasteiger partial charge in [0.2, 0.25) is 0 Å². The first-order chi connectivity index (χ1) is 11.8. The van der Waals surface area contributed by atoms with E-state index in [-0.39, 0.29) is 0 Å². The fourth-order valence-electron chi connectivity index (χ4n) is 3.28. The Bertz CT molecular complexity index is 930. The highest BCUT2D eigenvalue weighted by atomic mass is 15.3. The molecule has 3 N–H and O–H groups in total. The lowest BCUT2D eigenvalue weighted by molar-refractivity contribution is 0.455. The number of rotatable bonds is 2. The molecule has 0 saturated carbocycles. The van der Waals surface area contributed by atoms with E-state index in [0.717, 1.165) is 48.4 Å². The van der Waals surface area contributed by atoms with Gasteiger partial charge in [0.1, 0.15) is 5.82 Å². The zero-order valence-corrected chi connectivity index (χ0v) is 13.2. The molecule has 1 saturated heterocycles. The van der Waals surface area contributed by atoms with E-state index >= 15 is 0 Å². The second-order valence-electron chi connectivity index (χ2n) is 6.14. The van der Waals surface area contributed by atoms with E-state index in [2.05, 4.69) is 16.5 Å². The predicted molar refractivity (Wildman–Crippen MR) is 92.4 cm³/mol. The maximum absolute atomic E-state index is 9.12. The monoisotopic (exact) mass is 318 g/mol. The maximum Gasteiger partial charge on any atom is 0.165 e. The molecular weight excluding hydrogens is 300 g/mol. The second kappa shape index (κ2) is 5.95. The lowest BCUT2D eigenvalue weighted by atomic mass is 9.96. The van der Waals surface area contributed by atoms with Crippen LogP contribution in [0.1, 0.15) is 30.0 Å². The van der Waals surface area contributed by atoms with E-state index in [1.54, 1.807) is 16.8 Å². The van der Waals surface area contributed by atoms with E-state index < -0.39 is 0 Å². The van der Waals surface area contributed by atoms with Crippen molar-refractivity contribution in [2.75, 3.05) is 18.8 Å². The van der Waals surface area contributed by atoms with Crippen LogP contribution in [0.25, 0.3) is 16.8 Å². The van der Waals surface area contributed by atoms with Crippen LogP contribution in [0.3, 0.4) is 0 Å². The molecule has 1 fully saturated rings. The molecule has 1 atom stereocenters. The van der Waals surface area contributed by atoms with Gasteiger partial charge in [-0.2, -0.15) is 14.9 Å². The Labute approximate surface area is 139 Å². The van der Waals surface area contributed by atoms with E-state index in [0.29, 0.717) is 17.3 Å². The van der Waals surface area contributed by atoms with Gasteiger partial charge in [-0.25, -0.2) is 4.98 Å². The van der Waals surface area contributed by atoms with Crippen LogP contribution in [0.15, 0.2) is 36.5 Å². The molecule has 0 spiro atoms. The molecule has 1 unspecified atom stereocenters. The maximum atomic E-state index is 9.12. The molecule has 6 heteroatoms. The first-order valence-corrected chi connectivity index (χ1v) is 8.11. The van der Waals surface area contributed by atoms with Gasteiger partial charge < -0.3 is 11.1 Å². The highest BCUT2D eigenvalue weighted by Gasteiger charge is 2.19. The molecule has 4 rings (SSSR count). The van der Waals surface area contributed by atoms with Gasteiger partial charge in [-0.15, -0.1) is 0 Å². The van der Waals surface area contributed by atoms with Crippen LogP contribution in [0, 0.1) is 11.3 Å². The summed E-state index contributed by atoms with van der Waals surface area (Å²) in [5.41, 5.74) is 10.4. The average Bonchev–Trinajstić information content (AvgIpc) is 3.07. The fourth-order valence-corrected chi connectivity index (χ4v) is 3.28. The van der Waals surface area contributed by atoms with Crippen molar-refractivity contribution in [1.82, 2.24) is 19.9 Å². The molecule has 120 valence electrons. The first kappa shape index (κ1) is 14.7. The van der Waals surface area contributed by atoms with Crippen LogP contribution in [0.2, 0.25) is 0 Å². The van der Waals surface area contributed by atoms with Gasteiger partial charge in [-0.3, -0.25) is 0 Å². The van der Waals surface area contributed by atoms with Gasteiger partial charge in [0.15, 0.2) is 5.65 Å². The molecular formula is C18H18N6. The van der Waals surface area contributed by atoms with Gasteiger partial charge in [0.25, 0.3) is 0 Å². The summed E-state index contributed by atoms with van der Waals surface area (Å²) in [4.78, 5) is 4.85. The van der Waals surface area contributed by atoms with Crippen molar-refractivity contribution in [3.63, 3.8) is 0 Å².